The molecule has 98 valence electrons. The highest BCUT2D eigenvalue weighted by molar-refractivity contribution is 5.60. The topological polar surface area (TPSA) is 29.3 Å². The molecule has 0 aromatic heterocycles. The Morgan fingerprint density at radius 1 is 1.22 bits per heavy atom. The van der Waals surface area contributed by atoms with Crippen molar-refractivity contribution in [2.75, 3.05) is 11.4 Å². The second-order valence-corrected chi connectivity index (χ2v) is 6.45. The first-order valence-electron chi connectivity index (χ1n) is 7.24. The van der Waals surface area contributed by atoms with Crippen LogP contribution in [0.4, 0.5) is 5.69 Å². The molecule has 18 heavy (non-hydrogen) atoms. The number of hydrogen-bond acceptors (Lipinski definition) is 2. The van der Waals surface area contributed by atoms with E-state index in [2.05, 4.69) is 36.9 Å². The van der Waals surface area contributed by atoms with Gasteiger partial charge in [-0.25, -0.2) is 0 Å². The standard InChI is InChI=1S/C16H24N2/c1-16(2,17)13-7-8-15-12(11-13)9-10-18(15)14-5-3-4-6-14/h7-8,11,14H,3-6,9-10,17H2,1-2H3. The molecule has 2 aliphatic rings. The second-order valence-electron chi connectivity index (χ2n) is 6.45. The van der Waals surface area contributed by atoms with Crippen molar-refractivity contribution in [3.63, 3.8) is 0 Å². The number of fused-ring (bicyclic) bond motifs is 1. The summed E-state index contributed by atoms with van der Waals surface area (Å²) in [7, 11) is 0. The van der Waals surface area contributed by atoms with Crippen molar-refractivity contribution in [3.05, 3.63) is 29.3 Å². The van der Waals surface area contributed by atoms with E-state index >= 15 is 0 Å². The molecule has 1 heterocycles. The molecule has 1 aromatic carbocycles. The lowest BCUT2D eigenvalue weighted by molar-refractivity contribution is 0.554. The number of hydrogen-bond donors (Lipinski definition) is 1. The predicted molar refractivity (Wildman–Crippen MR) is 77.0 cm³/mol. The van der Waals surface area contributed by atoms with Crippen LogP contribution < -0.4 is 10.6 Å². The fourth-order valence-electron chi connectivity index (χ4n) is 3.42. The zero-order valence-electron chi connectivity index (χ0n) is 11.6. The molecule has 1 aliphatic heterocycles. The molecule has 1 aliphatic carbocycles. The van der Waals surface area contributed by atoms with Crippen LogP contribution in [0.2, 0.25) is 0 Å². The van der Waals surface area contributed by atoms with E-state index in [4.69, 9.17) is 5.73 Å². The van der Waals surface area contributed by atoms with Gasteiger partial charge in [0.15, 0.2) is 0 Å². The Hall–Kier alpha value is -1.02. The van der Waals surface area contributed by atoms with Crippen LogP contribution in [-0.4, -0.2) is 12.6 Å². The Morgan fingerprint density at radius 2 is 1.94 bits per heavy atom. The number of rotatable bonds is 2. The minimum atomic E-state index is -0.226. The van der Waals surface area contributed by atoms with Crippen LogP contribution in [0.5, 0.6) is 0 Å². The third-order valence-electron chi connectivity index (χ3n) is 4.52. The van der Waals surface area contributed by atoms with Crippen LogP contribution in [0.1, 0.15) is 50.7 Å². The lowest BCUT2D eigenvalue weighted by Crippen LogP contribution is -2.31. The zero-order chi connectivity index (χ0) is 12.8. The van der Waals surface area contributed by atoms with Crippen molar-refractivity contribution in [1.82, 2.24) is 0 Å². The third-order valence-corrected chi connectivity index (χ3v) is 4.52. The molecule has 1 fully saturated rings. The van der Waals surface area contributed by atoms with E-state index < -0.39 is 0 Å². The van der Waals surface area contributed by atoms with Crippen molar-refractivity contribution in [2.45, 2.75) is 57.5 Å². The van der Waals surface area contributed by atoms with Gasteiger partial charge in [0.05, 0.1) is 0 Å². The Labute approximate surface area is 110 Å². The molecular formula is C16H24N2. The van der Waals surface area contributed by atoms with Gasteiger partial charge in [0.25, 0.3) is 0 Å². The summed E-state index contributed by atoms with van der Waals surface area (Å²) in [6, 6.07) is 7.63. The molecule has 2 N–H and O–H groups in total. The van der Waals surface area contributed by atoms with Crippen LogP contribution in [0.3, 0.4) is 0 Å². The molecule has 0 unspecified atom stereocenters. The quantitative estimate of drug-likeness (QED) is 0.865. The average Bonchev–Trinajstić information content (AvgIpc) is 2.95. The van der Waals surface area contributed by atoms with Gasteiger partial charge in [-0.2, -0.15) is 0 Å². The number of anilines is 1. The summed E-state index contributed by atoms with van der Waals surface area (Å²) in [6.45, 7) is 5.37. The molecule has 0 bridgehead atoms. The molecule has 0 spiro atoms. The molecule has 0 amide bonds. The number of nitrogens with two attached hydrogens (primary N) is 1. The van der Waals surface area contributed by atoms with Gasteiger partial charge in [-0.15, -0.1) is 0 Å². The van der Waals surface area contributed by atoms with Gasteiger partial charge in [-0.3, -0.25) is 0 Å². The van der Waals surface area contributed by atoms with Crippen molar-refractivity contribution >= 4 is 5.69 Å². The summed E-state index contributed by atoms with van der Waals surface area (Å²) in [5.74, 6) is 0. The molecule has 0 radical (unpaired) electrons. The van der Waals surface area contributed by atoms with Crippen LogP contribution in [0.25, 0.3) is 0 Å². The molecule has 0 saturated heterocycles. The lowest BCUT2D eigenvalue weighted by atomic mass is 9.93. The largest absolute Gasteiger partial charge is 0.368 e. The van der Waals surface area contributed by atoms with Crippen molar-refractivity contribution in [1.29, 1.82) is 0 Å². The van der Waals surface area contributed by atoms with Gasteiger partial charge in [0.2, 0.25) is 0 Å². The Balaban J connectivity index is 1.89. The van der Waals surface area contributed by atoms with E-state index in [0.717, 1.165) is 6.04 Å². The summed E-state index contributed by atoms with van der Waals surface area (Å²) in [6.07, 6.45) is 6.76. The molecule has 2 nitrogen and oxygen atoms in total. The summed E-state index contributed by atoms with van der Waals surface area (Å²) in [5.41, 5.74) is 10.2. The predicted octanol–water partition coefficient (Wildman–Crippen LogP) is 3.19. The first-order chi connectivity index (χ1) is 8.55. The number of nitrogens with zero attached hydrogens (tertiary/aromatic N) is 1. The van der Waals surface area contributed by atoms with Crippen LogP contribution >= 0.6 is 0 Å². The molecule has 3 rings (SSSR count). The highest BCUT2D eigenvalue weighted by Crippen LogP contribution is 2.36. The molecular weight excluding hydrogens is 220 g/mol. The van der Waals surface area contributed by atoms with Crippen LogP contribution in [0.15, 0.2) is 18.2 Å². The summed E-state index contributed by atoms with van der Waals surface area (Å²) >= 11 is 0. The molecule has 2 heteroatoms. The first-order valence-corrected chi connectivity index (χ1v) is 7.24. The van der Waals surface area contributed by atoms with Crippen molar-refractivity contribution in [2.24, 2.45) is 5.73 Å². The Kier molecular flexibility index (Phi) is 2.86. The van der Waals surface area contributed by atoms with E-state index in [-0.39, 0.29) is 5.54 Å². The maximum atomic E-state index is 6.19. The minimum Gasteiger partial charge on any atom is -0.368 e. The molecule has 0 atom stereocenters. The Morgan fingerprint density at radius 3 is 2.61 bits per heavy atom. The number of benzene rings is 1. The highest BCUT2D eigenvalue weighted by atomic mass is 15.2. The maximum absolute atomic E-state index is 6.19. The van der Waals surface area contributed by atoms with Gasteiger partial charge >= 0.3 is 0 Å². The zero-order valence-corrected chi connectivity index (χ0v) is 11.6. The SMILES string of the molecule is CC(C)(N)c1ccc2c(c1)CCN2C1CCCC1. The van der Waals surface area contributed by atoms with E-state index in [9.17, 15) is 0 Å². The first kappa shape index (κ1) is 12.0. The fourth-order valence-corrected chi connectivity index (χ4v) is 3.42. The molecule has 1 aromatic rings. The van der Waals surface area contributed by atoms with Gasteiger partial charge in [0.1, 0.15) is 0 Å². The van der Waals surface area contributed by atoms with E-state index in [0.29, 0.717) is 0 Å². The van der Waals surface area contributed by atoms with Crippen molar-refractivity contribution < 1.29 is 0 Å². The van der Waals surface area contributed by atoms with Gasteiger partial charge in [-0.05, 0) is 50.3 Å². The summed E-state index contributed by atoms with van der Waals surface area (Å²) < 4.78 is 0. The molecule has 1 saturated carbocycles. The van der Waals surface area contributed by atoms with E-state index in [1.165, 1.54) is 55.5 Å². The summed E-state index contributed by atoms with van der Waals surface area (Å²) in [4.78, 5) is 2.63. The van der Waals surface area contributed by atoms with Crippen molar-refractivity contribution in [3.8, 4) is 0 Å². The Bertz CT molecular complexity index is 439. The minimum absolute atomic E-state index is 0.226. The van der Waals surface area contributed by atoms with Gasteiger partial charge < -0.3 is 10.6 Å². The smallest absolute Gasteiger partial charge is 0.0402 e. The third kappa shape index (κ3) is 2.03. The fraction of sp³-hybridized carbons (Fsp3) is 0.625. The highest BCUT2D eigenvalue weighted by Gasteiger charge is 2.29. The summed E-state index contributed by atoms with van der Waals surface area (Å²) in [5, 5.41) is 0. The lowest BCUT2D eigenvalue weighted by Gasteiger charge is -2.27. The van der Waals surface area contributed by atoms with E-state index in [1.807, 2.05) is 0 Å². The monoisotopic (exact) mass is 244 g/mol. The van der Waals surface area contributed by atoms with Gasteiger partial charge in [0, 0.05) is 23.8 Å². The van der Waals surface area contributed by atoms with Crippen LogP contribution in [-0.2, 0) is 12.0 Å². The van der Waals surface area contributed by atoms with E-state index in [1.54, 1.807) is 0 Å². The maximum Gasteiger partial charge on any atom is 0.0402 e. The average molecular weight is 244 g/mol. The normalized spacial score (nSPS) is 20.5. The second kappa shape index (κ2) is 4.27. The van der Waals surface area contributed by atoms with Gasteiger partial charge in [-0.1, -0.05) is 25.0 Å². The van der Waals surface area contributed by atoms with Crippen LogP contribution in [0, 0.1) is 0 Å².